The molecule has 0 spiro atoms. The highest BCUT2D eigenvalue weighted by molar-refractivity contribution is 5.21. The number of benzene rings is 1. The molecule has 1 aromatic rings. The third-order valence-corrected chi connectivity index (χ3v) is 1.34. The molecule has 0 aliphatic heterocycles. The molecule has 0 heterocycles. The number of nitriles is 1. The maximum absolute atomic E-state index is 8.36. The fourth-order valence-corrected chi connectivity index (χ4v) is 0.740. The summed E-state index contributed by atoms with van der Waals surface area (Å²) in [6.07, 6.45) is 0. The minimum absolute atomic E-state index is 0.237. The quantitative estimate of drug-likeness (QED) is 0.718. The first-order valence-corrected chi connectivity index (χ1v) is 3.66. The van der Waals surface area contributed by atoms with E-state index in [4.69, 9.17) is 15.7 Å². The van der Waals surface area contributed by atoms with Gasteiger partial charge >= 0.3 is 0 Å². The zero-order valence-electron chi connectivity index (χ0n) is 6.60. The monoisotopic (exact) mass is 162 g/mol. The standard InChI is InChI=1S/C9H10N2O/c10-6-8(11)7-12-9-4-2-1-3-5-9/h1-5,8H,7,11H2. The fraction of sp³-hybridized carbons (Fsp3) is 0.222. The summed E-state index contributed by atoms with van der Waals surface area (Å²) in [4.78, 5) is 0. The zero-order valence-corrected chi connectivity index (χ0v) is 6.60. The van der Waals surface area contributed by atoms with Crippen LogP contribution in [0.4, 0.5) is 0 Å². The van der Waals surface area contributed by atoms with Crippen molar-refractivity contribution in [1.82, 2.24) is 0 Å². The molecule has 0 aromatic heterocycles. The van der Waals surface area contributed by atoms with E-state index in [1.165, 1.54) is 0 Å². The van der Waals surface area contributed by atoms with Crippen LogP contribution in [-0.4, -0.2) is 12.6 Å². The lowest BCUT2D eigenvalue weighted by atomic mass is 10.3. The molecule has 0 aliphatic carbocycles. The Morgan fingerprint density at radius 3 is 2.67 bits per heavy atom. The maximum Gasteiger partial charge on any atom is 0.127 e. The van der Waals surface area contributed by atoms with Crippen LogP contribution in [0, 0.1) is 11.3 Å². The topological polar surface area (TPSA) is 59.0 Å². The van der Waals surface area contributed by atoms with Gasteiger partial charge < -0.3 is 10.5 Å². The number of nitrogens with two attached hydrogens (primary N) is 1. The Hall–Kier alpha value is -1.53. The van der Waals surface area contributed by atoms with E-state index in [1.807, 2.05) is 36.4 Å². The van der Waals surface area contributed by atoms with Crippen molar-refractivity contribution in [3.8, 4) is 11.8 Å². The van der Waals surface area contributed by atoms with E-state index in [0.717, 1.165) is 5.75 Å². The number of hydrogen-bond acceptors (Lipinski definition) is 3. The summed E-state index contributed by atoms with van der Waals surface area (Å²) in [5.41, 5.74) is 5.33. The van der Waals surface area contributed by atoms with Crippen molar-refractivity contribution in [3.05, 3.63) is 30.3 Å². The first-order valence-electron chi connectivity index (χ1n) is 3.66. The van der Waals surface area contributed by atoms with E-state index >= 15 is 0 Å². The van der Waals surface area contributed by atoms with Gasteiger partial charge in [-0.1, -0.05) is 18.2 Å². The fourth-order valence-electron chi connectivity index (χ4n) is 0.740. The number of ether oxygens (including phenoxy) is 1. The first-order chi connectivity index (χ1) is 5.83. The van der Waals surface area contributed by atoms with Crippen molar-refractivity contribution in [2.45, 2.75) is 6.04 Å². The summed E-state index contributed by atoms with van der Waals surface area (Å²) >= 11 is 0. The van der Waals surface area contributed by atoms with Crippen molar-refractivity contribution in [2.24, 2.45) is 5.73 Å². The molecule has 12 heavy (non-hydrogen) atoms. The summed E-state index contributed by atoms with van der Waals surface area (Å²) in [5, 5.41) is 8.36. The summed E-state index contributed by atoms with van der Waals surface area (Å²) in [6, 6.07) is 10.6. The van der Waals surface area contributed by atoms with Gasteiger partial charge in [-0.05, 0) is 12.1 Å². The molecule has 0 radical (unpaired) electrons. The molecular formula is C9H10N2O. The van der Waals surface area contributed by atoms with Crippen LogP contribution in [-0.2, 0) is 0 Å². The van der Waals surface area contributed by atoms with Crippen LogP contribution in [0.5, 0.6) is 5.75 Å². The van der Waals surface area contributed by atoms with Gasteiger partial charge in [0.05, 0.1) is 6.07 Å². The van der Waals surface area contributed by atoms with Gasteiger partial charge in [0, 0.05) is 0 Å². The molecule has 62 valence electrons. The minimum Gasteiger partial charge on any atom is -0.491 e. The van der Waals surface area contributed by atoms with E-state index in [9.17, 15) is 0 Å². The smallest absolute Gasteiger partial charge is 0.127 e. The van der Waals surface area contributed by atoms with Crippen LogP contribution in [0.3, 0.4) is 0 Å². The highest BCUT2D eigenvalue weighted by atomic mass is 16.5. The van der Waals surface area contributed by atoms with Crippen molar-refractivity contribution in [1.29, 1.82) is 5.26 Å². The number of hydrogen-bond donors (Lipinski definition) is 1. The molecule has 0 amide bonds. The molecule has 2 N–H and O–H groups in total. The molecule has 0 fully saturated rings. The number of para-hydroxylation sites is 1. The van der Waals surface area contributed by atoms with Crippen LogP contribution < -0.4 is 10.5 Å². The molecule has 0 bridgehead atoms. The van der Waals surface area contributed by atoms with Crippen LogP contribution in [0.15, 0.2) is 30.3 Å². The van der Waals surface area contributed by atoms with E-state index < -0.39 is 6.04 Å². The average Bonchev–Trinajstić information content (AvgIpc) is 2.16. The molecule has 0 saturated carbocycles. The largest absolute Gasteiger partial charge is 0.491 e. The van der Waals surface area contributed by atoms with Crippen LogP contribution in [0.1, 0.15) is 0 Å². The van der Waals surface area contributed by atoms with Gasteiger partial charge in [-0.15, -0.1) is 0 Å². The van der Waals surface area contributed by atoms with E-state index in [2.05, 4.69) is 0 Å². The summed E-state index contributed by atoms with van der Waals surface area (Å²) in [5.74, 6) is 0.739. The van der Waals surface area contributed by atoms with Gasteiger partial charge in [0.25, 0.3) is 0 Å². The molecular weight excluding hydrogens is 152 g/mol. The van der Waals surface area contributed by atoms with Gasteiger partial charge in [-0.2, -0.15) is 5.26 Å². The van der Waals surface area contributed by atoms with Crippen LogP contribution in [0.2, 0.25) is 0 Å². The van der Waals surface area contributed by atoms with Crippen LogP contribution >= 0.6 is 0 Å². The van der Waals surface area contributed by atoms with Crippen molar-refractivity contribution in [3.63, 3.8) is 0 Å². The molecule has 1 unspecified atom stereocenters. The Labute approximate surface area is 71.4 Å². The predicted octanol–water partition coefficient (Wildman–Crippen LogP) is 0.916. The highest BCUT2D eigenvalue weighted by Gasteiger charge is 1.99. The molecule has 1 aromatic carbocycles. The predicted molar refractivity (Wildman–Crippen MR) is 45.5 cm³/mol. The Morgan fingerprint density at radius 1 is 1.42 bits per heavy atom. The third kappa shape index (κ3) is 2.60. The van der Waals surface area contributed by atoms with E-state index in [0.29, 0.717) is 0 Å². The Kier molecular flexibility index (Phi) is 3.12. The highest BCUT2D eigenvalue weighted by Crippen LogP contribution is 2.07. The van der Waals surface area contributed by atoms with Crippen molar-refractivity contribution in [2.75, 3.05) is 6.61 Å². The second-order valence-electron chi connectivity index (χ2n) is 2.36. The van der Waals surface area contributed by atoms with Gasteiger partial charge in [0.15, 0.2) is 0 Å². The van der Waals surface area contributed by atoms with Gasteiger partial charge in [-0.25, -0.2) is 0 Å². The Bertz CT molecular complexity index is 266. The lowest BCUT2D eigenvalue weighted by Crippen LogP contribution is -2.25. The second-order valence-corrected chi connectivity index (χ2v) is 2.36. The zero-order chi connectivity index (χ0) is 8.81. The molecule has 1 atom stereocenters. The van der Waals surface area contributed by atoms with Crippen molar-refractivity contribution < 1.29 is 4.74 Å². The summed E-state index contributed by atoms with van der Waals surface area (Å²) in [7, 11) is 0. The van der Waals surface area contributed by atoms with Gasteiger partial charge in [0.2, 0.25) is 0 Å². The normalized spacial score (nSPS) is 11.7. The molecule has 3 nitrogen and oxygen atoms in total. The molecule has 3 heteroatoms. The van der Waals surface area contributed by atoms with Gasteiger partial charge in [0.1, 0.15) is 18.4 Å². The Balaban J connectivity index is 2.40. The second kappa shape index (κ2) is 4.37. The van der Waals surface area contributed by atoms with Crippen LogP contribution in [0.25, 0.3) is 0 Å². The third-order valence-electron chi connectivity index (χ3n) is 1.34. The first kappa shape index (κ1) is 8.57. The lowest BCUT2D eigenvalue weighted by molar-refractivity contribution is 0.309. The number of rotatable bonds is 3. The minimum atomic E-state index is -0.551. The molecule has 1 rings (SSSR count). The Morgan fingerprint density at radius 2 is 2.08 bits per heavy atom. The number of nitrogens with zero attached hydrogens (tertiary/aromatic N) is 1. The van der Waals surface area contributed by atoms with Gasteiger partial charge in [-0.3, -0.25) is 0 Å². The maximum atomic E-state index is 8.36. The summed E-state index contributed by atoms with van der Waals surface area (Å²) < 4.78 is 5.21. The summed E-state index contributed by atoms with van der Waals surface area (Å²) in [6.45, 7) is 0.237. The molecule has 0 saturated heterocycles. The SMILES string of the molecule is N#CC(N)COc1ccccc1. The molecule has 0 aliphatic rings. The average molecular weight is 162 g/mol. The lowest BCUT2D eigenvalue weighted by Gasteiger charge is -2.05. The van der Waals surface area contributed by atoms with E-state index in [-0.39, 0.29) is 6.61 Å². The van der Waals surface area contributed by atoms with Crippen molar-refractivity contribution >= 4 is 0 Å². The van der Waals surface area contributed by atoms with E-state index in [1.54, 1.807) is 0 Å².